The highest BCUT2D eigenvalue weighted by molar-refractivity contribution is 6.05. The van der Waals surface area contributed by atoms with Crippen LogP contribution in [0.4, 0.5) is 0 Å². The molecule has 4 atom stereocenters. The highest BCUT2D eigenvalue weighted by Gasteiger charge is 2.54. The standard InChI is InChI=1S/C16H25NO3/c1-2-10-8-11-12(9-10)16(20)17(15(11)19)13-6-4-3-5-7-14(13)18/h10-14,18H,2-9H2,1H3. The molecule has 2 saturated carbocycles. The van der Waals surface area contributed by atoms with E-state index < -0.39 is 6.10 Å². The Bertz CT molecular complexity index is 385. The summed E-state index contributed by atoms with van der Waals surface area (Å²) in [6.45, 7) is 2.13. The molecular weight excluding hydrogens is 254 g/mol. The number of carbonyl (C=O) groups excluding carboxylic acids is 2. The summed E-state index contributed by atoms with van der Waals surface area (Å²) in [4.78, 5) is 26.7. The highest BCUT2D eigenvalue weighted by Crippen LogP contribution is 2.45. The number of aliphatic hydroxyl groups excluding tert-OH is 1. The number of hydrogen-bond donors (Lipinski definition) is 1. The van der Waals surface area contributed by atoms with E-state index in [9.17, 15) is 14.7 Å². The molecule has 3 fully saturated rings. The van der Waals surface area contributed by atoms with Crippen molar-refractivity contribution in [3.05, 3.63) is 0 Å². The average molecular weight is 279 g/mol. The van der Waals surface area contributed by atoms with E-state index in [0.717, 1.165) is 44.9 Å². The summed E-state index contributed by atoms with van der Waals surface area (Å²) in [6, 6.07) is -0.261. The first kappa shape index (κ1) is 14.1. The number of imide groups is 1. The van der Waals surface area contributed by atoms with Crippen LogP contribution in [0, 0.1) is 17.8 Å². The lowest BCUT2D eigenvalue weighted by molar-refractivity contribution is -0.146. The summed E-state index contributed by atoms with van der Waals surface area (Å²) in [6.07, 6.45) is 6.85. The number of aliphatic hydroxyl groups is 1. The van der Waals surface area contributed by atoms with E-state index in [0.29, 0.717) is 12.3 Å². The van der Waals surface area contributed by atoms with Crippen molar-refractivity contribution in [3.8, 4) is 0 Å². The second-order valence-electron chi connectivity index (χ2n) is 6.78. The second kappa shape index (κ2) is 5.47. The minimum Gasteiger partial charge on any atom is -0.391 e. The molecule has 112 valence electrons. The average Bonchev–Trinajstić information content (AvgIpc) is 2.88. The number of rotatable bonds is 2. The Morgan fingerprint density at radius 3 is 2.25 bits per heavy atom. The molecule has 4 nitrogen and oxygen atoms in total. The normalized spacial score (nSPS) is 41.9. The molecule has 3 rings (SSSR count). The predicted molar refractivity (Wildman–Crippen MR) is 74.7 cm³/mol. The van der Waals surface area contributed by atoms with Crippen molar-refractivity contribution < 1.29 is 14.7 Å². The van der Waals surface area contributed by atoms with Crippen LogP contribution in [-0.4, -0.2) is 34.0 Å². The fourth-order valence-electron chi connectivity index (χ4n) is 4.38. The van der Waals surface area contributed by atoms with Gasteiger partial charge in [-0.25, -0.2) is 0 Å². The first-order valence-corrected chi connectivity index (χ1v) is 8.18. The number of likely N-dealkylation sites (tertiary alicyclic amines) is 1. The van der Waals surface area contributed by atoms with Crippen LogP contribution in [0.3, 0.4) is 0 Å². The maximum Gasteiger partial charge on any atom is 0.233 e. The molecule has 0 radical (unpaired) electrons. The molecule has 4 unspecified atom stereocenters. The first-order chi connectivity index (χ1) is 9.63. The molecule has 2 aliphatic carbocycles. The van der Waals surface area contributed by atoms with E-state index >= 15 is 0 Å². The molecule has 1 saturated heterocycles. The Balaban J connectivity index is 1.78. The third kappa shape index (κ3) is 2.18. The quantitative estimate of drug-likeness (QED) is 0.622. The molecular formula is C16H25NO3. The predicted octanol–water partition coefficient (Wildman–Crippen LogP) is 2.10. The van der Waals surface area contributed by atoms with E-state index in [-0.39, 0.29) is 29.7 Å². The van der Waals surface area contributed by atoms with E-state index in [4.69, 9.17) is 0 Å². The lowest BCUT2D eigenvalue weighted by Gasteiger charge is -2.30. The van der Waals surface area contributed by atoms with Gasteiger partial charge in [0, 0.05) is 0 Å². The van der Waals surface area contributed by atoms with Gasteiger partial charge in [0.2, 0.25) is 11.8 Å². The topological polar surface area (TPSA) is 57.6 Å². The number of fused-ring (bicyclic) bond motifs is 1. The largest absolute Gasteiger partial charge is 0.391 e. The van der Waals surface area contributed by atoms with Crippen molar-refractivity contribution in [2.24, 2.45) is 17.8 Å². The van der Waals surface area contributed by atoms with Gasteiger partial charge in [0.25, 0.3) is 0 Å². The Morgan fingerprint density at radius 1 is 1.05 bits per heavy atom. The number of nitrogens with zero attached hydrogens (tertiary/aromatic N) is 1. The van der Waals surface area contributed by atoms with Gasteiger partial charge in [-0.15, -0.1) is 0 Å². The molecule has 3 aliphatic rings. The molecule has 0 bridgehead atoms. The Labute approximate surface area is 120 Å². The van der Waals surface area contributed by atoms with Crippen LogP contribution >= 0.6 is 0 Å². The summed E-state index contributed by atoms with van der Waals surface area (Å²) in [7, 11) is 0. The van der Waals surface area contributed by atoms with Crippen molar-refractivity contribution in [2.75, 3.05) is 0 Å². The van der Waals surface area contributed by atoms with E-state index in [1.54, 1.807) is 0 Å². The van der Waals surface area contributed by atoms with Gasteiger partial charge < -0.3 is 5.11 Å². The SMILES string of the molecule is CCC1CC2C(=O)N(C3CCCCCC3O)C(=O)C2C1. The van der Waals surface area contributed by atoms with Crippen molar-refractivity contribution >= 4 is 11.8 Å². The fourth-order valence-corrected chi connectivity index (χ4v) is 4.38. The first-order valence-electron chi connectivity index (χ1n) is 8.18. The lowest BCUT2D eigenvalue weighted by atomic mass is 10.00. The van der Waals surface area contributed by atoms with Gasteiger partial charge in [-0.1, -0.05) is 32.6 Å². The second-order valence-corrected chi connectivity index (χ2v) is 6.78. The summed E-state index contributed by atoms with van der Waals surface area (Å²) >= 11 is 0. The van der Waals surface area contributed by atoms with Crippen LogP contribution in [-0.2, 0) is 9.59 Å². The van der Waals surface area contributed by atoms with Crippen molar-refractivity contribution in [3.63, 3.8) is 0 Å². The van der Waals surface area contributed by atoms with Gasteiger partial charge in [0.1, 0.15) is 0 Å². The smallest absolute Gasteiger partial charge is 0.233 e. The molecule has 1 N–H and O–H groups in total. The summed E-state index contributed by atoms with van der Waals surface area (Å²) in [5, 5.41) is 10.3. The lowest BCUT2D eigenvalue weighted by Crippen LogP contribution is -2.47. The van der Waals surface area contributed by atoms with Gasteiger partial charge in [0.15, 0.2) is 0 Å². The van der Waals surface area contributed by atoms with Gasteiger partial charge in [-0.05, 0) is 31.6 Å². The van der Waals surface area contributed by atoms with E-state index in [2.05, 4.69) is 6.92 Å². The van der Waals surface area contributed by atoms with E-state index in [1.165, 1.54) is 4.90 Å². The van der Waals surface area contributed by atoms with Crippen molar-refractivity contribution in [2.45, 2.75) is 70.4 Å². The van der Waals surface area contributed by atoms with Gasteiger partial charge >= 0.3 is 0 Å². The zero-order valence-corrected chi connectivity index (χ0v) is 12.3. The molecule has 1 heterocycles. The maximum atomic E-state index is 12.6. The van der Waals surface area contributed by atoms with Gasteiger partial charge in [-0.2, -0.15) is 0 Å². The van der Waals surface area contributed by atoms with Crippen molar-refractivity contribution in [1.29, 1.82) is 0 Å². The molecule has 0 aromatic heterocycles. The molecule has 2 amide bonds. The van der Waals surface area contributed by atoms with Crippen LogP contribution in [0.5, 0.6) is 0 Å². The van der Waals surface area contributed by atoms with Crippen LogP contribution in [0.2, 0.25) is 0 Å². The summed E-state index contributed by atoms with van der Waals surface area (Å²) in [5.41, 5.74) is 0. The van der Waals surface area contributed by atoms with Gasteiger partial charge in [-0.3, -0.25) is 14.5 Å². The molecule has 20 heavy (non-hydrogen) atoms. The maximum absolute atomic E-state index is 12.6. The summed E-state index contributed by atoms with van der Waals surface area (Å²) in [5.74, 6) is 0.341. The highest BCUT2D eigenvalue weighted by atomic mass is 16.3. The van der Waals surface area contributed by atoms with Crippen LogP contribution in [0.1, 0.15) is 58.3 Å². The number of hydrogen-bond acceptors (Lipinski definition) is 3. The van der Waals surface area contributed by atoms with Crippen LogP contribution < -0.4 is 0 Å². The summed E-state index contributed by atoms with van der Waals surface area (Å²) < 4.78 is 0. The van der Waals surface area contributed by atoms with Crippen molar-refractivity contribution in [1.82, 2.24) is 4.90 Å². The molecule has 0 aromatic rings. The van der Waals surface area contributed by atoms with Crippen LogP contribution in [0.25, 0.3) is 0 Å². The van der Waals surface area contributed by atoms with E-state index in [1.807, 2.05) is 0 Å². The Morgan fingerprint density at radius 2 is 1.65 bits per heavy atom. The fraction of sp³-hybridized carbons (Fsp3) is 0.875. The third-order valence-corrected chi connectivity index (χ3v) is 5.62. The zero-order valence-electron chi connectivity index (χ0n) is 12.3. The molecule has 4 heteroatoms. The number of amides is 2. The van der Waals surface area contributed by atoms with Crippen LogP contribution in [0.15, 0.2) is 0 Å². The third-order valence-electron chi connectivity index (χ3n) is 5.62. The minimum absolute atomic E-state index is 0.00176. The minimum atomic E-state index is -0.522. The van der Waals surface area contributed by atoms with Gasteiger partial charge in [0.05, 0.1) is 24.0 Å². The molecule has 1 aliphatic heterocycles. The number of carbonyl (C=O) groups is 2. The molecule has 0 spiro atoms. The molecule has 0 aromatic carbocycles. The Hall–Kier alpha value is -0.900. The zero-order chi connectivity index (χ0) is 14.3. The monoisotopic (exact) mass is 279 g/mol. The Kier molecular flexibility index (Phi) is 3.85.